The standard InChI is InChI=1S/C16H17N7O/c1-10-4-12-6-13(5-10)23(12)16(24)20-15-7-14(11(8-17)9-18-15)22-3-2-19-21-22/h2-3,7,9-10,12-13H,4-6H2,1H3,(H,18,20,24). The van der Waals surface area contributed by atoms with Gasteiger partial charge in [0.15, 0.2) is 0 Å². The average Bonchev–Trinajstić information content (AvgIpc) is 3.08. The highest BCUT2D eigenvalue weighted by Gasteiger charge is 2.46. The molecule has 24 heavy (non-hydrogen) atoms. The number of aromatic nitrogens is 4. The van der Waals surface area contributed by atoms with Gasteiger partial charge in [-0.05, 0) is 25.2 Å². The van der Waals surface area contributed by atoms with E-state index in [-0.39, 0.29) is 6.03 Å². The molecule has 0 spiro atoms. The molecule has 2 unspecified atom stereocenters. The number of nitrogens with zero attached hydrogens (tertiary/aromatic N) is 6. The number of amides is 2. The molecule has 0 aromatic carbocycles. The van der Waals surface area contributed by atoms with E-state index in [1.54, 1.807) is 12.3 Å². The van der Waals surface area contributed by atoms with E-state index in [9.17, 15) is 10.1 Å². The smallest absolute Gasteiger partial charge is 0.318 e. The van der Waals surface area contributed by atoms with E-state index in [0.29, 0.717) is 35.1 Å². The summed E-state index contributed by atoms with van der Waals surface area (Å²) in [5.41, 5.74) is 0.908. The Morgan fingerprint density at radius 1 is 1.38 bits per heavy atom. The van der Waals surface area contributed by atoms with Crippen LogP contribution in [0.2, 0.25) is 0 Å². The summed E-state index contributed by atoms with van der Waals surface area (Å²) >= 11 is 0. The molecule has 4 heterocycles. The van der Waals surface area contributed by atoms with Crippen LogP contribution >= 0.6 is 0 Å². The predicted octanol–water partition coefficient (Wildman–Crippen LogP) is 1.94. The maximum absolute atomic E-state index is 12.5. The molecule has 2 bridgehead atoms. The largest absolute Gasteiger partial charge is 0.323 e. The molecule has 2 aromatic rings. The molecule has 2 atom stereocenters. The molecule has 0 radical (unpaired) electrons. The minimum Gasteiger partial charge on any atom is -0.318 e. The lowest BCUT2D eigenvalue weighted by atomic mass is 9.74. The Balaban J connectivity index is 1.54. The van der Waals surface area contributed by atoms with Crippen molar-refractivity contribution in [2.45, 2.75) is 38.3 Å². The van der Waals surface area contributed by atoms with Gasteiger partial charge in [0.1, 0.15) is 11.9 Å². The summed E-state index contributed by atoms with van der Waals surface area (Å²) in [7, 11) is 0. The number of pyridine rings is 1. The third-order valence-corrected chi connectivity index (χ3v) is 4.82. The summed E-state index contributed by atoms with van der Waals surface area (Å²) in [6, 6.07) is 4.27. The summed E-state index contributed by atoms with van der Waals surface area (Å²) in [5.74, 6) is 1.09. The molecule has 3 aliphatic rings. The van der Waals surface area contributed by atoms with Crippen molar-refractivity contribution in [3.8, 4) is 11.8 Å². The Labute approximate surface area is 139 Å². The number of piperidine rings is 1. The van der Waals surface area contributed by atoms with Crippen molar-refractivity contribution in [1.29, 1.82) is 5.26 Å². The first-order valence-corrected chi connectivity index (χ1v) is 8.02. The van der Waals surface area contributed by atoms with Gasteiger partial charge in [-0.1, -0.05) is 12.1 Å². The Hall–Kier alpha value is -2.95. The molecule has 1 N–H and O–H groups in total. The van der Waals surface area contributed by atoms with Gasteiger partial charge in [-0.3, -0.25) is 5.32 Å². The van der Waals surface area contributed by atoms with Crippen molar-refractivity contribution in [2.24, 2.45) is 5.92 Å². The monoisotopic (exact) mass is 323 g/mol. The second-order valence-electron chi connectivity index (χ2n) is 6.50. The first-order chi connectivity index (χ1) is 11.7. The molecule has 2 aliphatic heterocycles. The number of hydrogen-bond acceptors (Lipinski definition) is 5. The van der Waals surface area contributed by atoms with Gasteiger partial charge in [-0.15, -0.1) is 5.10 Å². The van der Waals surface area contributed by atoms with Crippen LogP contribution in [0.25, 0.3) is 5.69 Å². The Morgan fingerprint density at radius 2 is 2.17 bits per heavy atom. The molecule has 8 nitrogen and oxygen atoms in total. The van der Waals surface area contributed by atoms with E-state index < -0.39 is 0 Å². The van der Waals surface area contributed by atoms with Gasteiger partial charge in [-0.25, -0.2) is 14.5 Å². The molecular weight excluding hydrogens is 306 g/mol. The van der Waals surface area contributed by atoms with Crippen LogP contribution in [0.4, 0.5) is 10.6 Å². The molecule has 1 aliphatic carbocycles. The Bertz CT molecular complexity index is 798. The van der Waals surface area contributed by atoms with E-state index in [0.717, 1.165) is 19.3 Å². The van der Waals surface area contributed by atoms with Crippen molar-refractivity contribution < 1.29 is 4.79 Å². The van der Waals surface area contributed by atoms with Crippen LogP contribution in [-0.2, 0) is 0 Å². The van der Waals surface area contributed by atoms with Crippen LogP contribution in [0.15, 0.2) is 24.7 Å². The molecule has 3 fully saturated rings. The predicted molar refractivity (Wildman–Crippen MR) is 85.3 cm³/mol. The van der Waals surface area contributed by atoms with Gasteiger partial charge < -0.3 is 4.90 Å². The number of carbonyl (C=O) groups excluding carboxylic acids is 1. The summed E-state index contributed by atoms with van der Waals surface area (Å²) in [5, 5.41) is 19.7. The summed E-state index contributed by atoms with van der Waals surface area (Å²) < 4.78 is 1.48. The lowest BCUT2D eigenvalue weighted by Crippen LogP contribution is -2.63. The number of urea groups is 1. The number of hydrogen-bond donors (Lipinski definition) is 1. The zero-order valence-electron chi connectivity index (χ0n) is 13.3. The van der Waals surface area contributed by atoms with Crippen molar-refractivity contribution in [2.75, 3.05) is 5.32 Å². The fraction of sp³-hybridized carbons (Fsp3) is 0.438. The summed E-state index contributed by atoms with van der Waals surface area (Å²) in [4.78, 5) is 18.6. The van der Waals surface area contributed by atoms with Gasteiger partial charge in [0.05, 0.1) is 23.6 Å². The highest BCUT2D eigenvalue weighted by molar-refractivity contribution is 5.90. The lowest BCUT2D eigenvalue weighted by molar-refractivity contribution is -0.00603. The Kier molecular flexibility index (Phi) is 3.41. The normalized spacial score (nSPS) is 24.8. The zero-order chi connectivity index (χ0) is 16.7. The van der Waals surface area contributed by atoms with Crippen LogP contribution in [0.3, 0.4) is 0 Å². The third-order valence-electron chi connectivity index (χ3n) is 4.82. The molecular formula is C16H17N7O. The SMILES string of the molecule is CC1CC2CC(C1)N2C(=O)Nc1cc(-n2ccnn2)c(C#N)cn1. The fourth-order valence-electron chi connectivity index (χ4n) is 3.78. The van der Waals surface area contributed by atoms with E-state index in [1.807, 2.05) is 4.90 Å². The van der Waals surface area contributed by atoms with Crippen LogP contribution < -0.4 is 5.32 Å². The van der Waals surface area contributed by atoms with Crippen molar-refractivity contribution >= 4 is 11.8 Å². The second kappa shape index (κ2) is 5.60. The van der Waals surface area contributed by atoms with E-state index in [1.165, 1.54) is 17.1 Å². The number of nitrogens with one attached hydrogen (secondary N) is 1. The second-order valence-corrected chi connectivity index (χ2v) is 6.50. The molecule has 1 saturated carbocycles. The van der Waals surface area contributed by atoms with Crippen molar-refractivity contribution in [3.05, 3.63) is 30.2 Å². The highest BCUT2D eigenvalue weighted by atomic mass is 16.2. The van der Waals surface area contributed by atoms with Gasteiger partial charge in [0, 0.05) is 24.3 Å². The maximum atomic E-state index is 12.5. The number of carbonyl (C=O) groups is 1. The van der Waals surface area contributed by atoms with Gasteiger partial charge >= 0.3 is 6.03 Å². The summed E-state index contributed by atoms with van der Waals surface area (Å²) in [6.07, 6.45) is 7.84. The topological polar surface area (TPSA) is 99.7 Å². The third kappa shape index (κ3) is 2.38. The van der Waals surface area contributed by atoms with E-state index >= 15 is 0 Å². The molecule has 2 saturated heterocycles. The van der Waals surface area contributed by atoms with Crippen LogP contribution in [0.1, 0.15) is 31.7 Å². The van der Waals surface area contributed by atoms with E-state index in [2.05, 4.69) is 33.6 Å². The number of nitriles is 1. The fourth-order valence-corrected chi connectivity index (χ4v) is 3.78. The van der Waals surface area contributed by atoms with Crippen molar-refractivity contribution in [3.63, 3.8) is 0 Å². The molecule has 2 aromatic heterocycles. The quantitative estimate of drug-likeness (QED) is 0.910. The molecule has 2 amide bonds. The number of rotatable bonds is 2. The summed E-state index contributed by atoms with van der Waals surface area (Å²) in [6.45, 7) is 2.24. The van der Waals surface area contributed by atoms with E-state index in [4.69, 9.17) is 0 Å². The van der Waals surface area contributed by atoms with Gasteiger partial charge in [-0.2, -0.15) is 5.26 Å². The number of fused-ring (bicyclic) bond motifs is 2. The minimum absolute atomic E-state index is 0.120. The average molecular weight is 323 g/mol. The molecule has 122 valence electrons. The van der Waals surface area contributed by atoms with Crippen molar-refractivity contribution in [1.82, 2.24) is 24.9 Å². The minimum atomic E-state index is -0.120. The Morgan fingerprint density at radius 3 is 2.83 bits per heavy atom. The van der Waals surface area contributed by atoms with Gasteiger partial charge in [0.25, 0.3) is 0 Å². The first-order valence-electron chi connectivity index (χ1n) is 8.02. The zero-order valence-corrected chi connectivity index (χ0v) is 13.3. The van der Waals surface area contributed by atoms with Gasteiger partial charge in [0.2, 0.25) is 0 Å². The lowest BCUT2D eigenvalue weighted by Gasteiger charge is -2.54. The number of anilines is 1. The molecule has 8 heteroatoms. The van der Waals surface area contributed by atoms with Crippen LogP contribution in [0, 0.1) is 17.2 Å². The first kappa shape index (κ1) is 14.6. The molecule has 5 rings (SSSR count). The van der Waals surface area contributed by atoms with Crippen LogP contribution in [0.5, 0.6) is 0 Å². The van der Waals surface area contributed by atoms with Crippen LogP contribution in [-0.4, -0.2) is 43.0 Å². The maximum Gasteiger partial charge on any atom is 0.323 e. The highest BCUT2D eigenvalue weighted by Crippen LogP contribution is 2.41.